The summed E-state index contributed by atoms with van der Waals surface area (Å²) in [6.07, 6.45) is 0. The van der Waals surface area contributed by atoms with Gasteiger partial charge in [0.2, 0.25) is 0 Å². The highest BCUT2D eigenvalue weighted by Crippen LogP contribution is 2.74. The lowest BCUT2D eigenvalue weighted by Gasteiger charge is -2.43. The Kier molecular flexibility index (Phi) is 11.8. The summed E-state index contributed by atoms with van der Waals surface area (Å²) in [5, 5.41) is 4.39. The Hall–Kier alpha value is -6.78. The largest absolute Gasteiger partial charge is 0.308 e. The molecule has 0 aliphatic heterocycles. The number of thiophene rings is 1. The molecular weight excluding hydrogens is 907 g/mol. The van der Waals surface area contributed by atoms with Gasteiger partial charge in [0.05, 0.1) is 16.7 Å². The van der Waals surface area contributed by atoms with Gasteiger partial charge in [-0.05, 0) is 101 Å². The van der Waals surface area contributed by atoms with Gasteiger partial charge in [0, 0.05) is 61.7 Å². The summed E-state index contributed by atoms with van der Waals surface area (Å²) >= 11 is 1.79. The topological polar surface area (TPSA) is 4.93 Å². The van der Waals surface area contributed by atoms with Crippen molar-refractivity contribution in [1.29, 1.82) is 0 Å². The lowest BCUT2D eigenvalue weighted by Crippen LogP contribution is -2.55. The van der Waals surface area contributed by atoms with E-state index in [-0.39, 0.29) is 54.6 Å². The van der Waals surface area contributed by atoms with E-state index < -0.39 is 10.0 Å². The molecule has 0 atom stereocenters. The van der Waals surface area contributed by atoms with E-state index in [2.05, 4.69) is 162 Å². The Labute approximate surface area is 444 Å². The molecule has 13 heteroatoms. The van der Waals surface area contributed by atoms with E-state index in [9.17, 15) is 0 Å². The first-order valence-corrected chi connectivity index (χ1v) is 26.0. The number of hydrogen-bond acceptors (Lipinski definition) is 1. The third kappa shape index (κ3) is 7.20. The molecular formula is C60H31B10NS2. The summed E-state index contributed by atoms with van der Waals surface area (Å²) < 4.78 is 4.65. The van der Waals surface area contributed by atoms with Crippen LogP contribution in [0.25, 0.3) is 81.0 Å². The Morgan fingerprint density at radius 1 is 0.315 bits per heavy atom. The molecule has 73 heavy (non-hydrogen) atoms. The average molecular weight is 938 g/mol. The van der Waals surface area contributed by atoms with Gasteiger partial charge in [0.25, 0.3) is 0 Å². The normalized spacial score (nSPS) is 12.1. The Bertz CT molecular complexity index is 3970. The maximum absolute atomic E-state index is 7.25. The van der Waals surface area contributed by atoms with Gasteiger partial charge in [-0.15, -0.1) is 54.1 Å². The van der Waals surface area contributed by atoms with Gasteiger partial charge in [-0.2, -0.15) is 0 Å². The second-order valence-electron chi connectivity index (χ2n) is 18.2. The lowest BCUT2D eigenvalue weighted by molar-refractivity contribution is 1.17. The van der Waals surface area contributed by atoms with Gasteiger partial charge in [-0.1, -0.05) is 131 Å². The van der Waals surface area contributed by atoms with Crippen molar-refractivity contribution in [1.82, 2.24) is 4.57 Å². The fourth-order valence-electron chi connectivity index (χ4n) is 10.8. The highest BCUT2D eigenvalue weighted by molar-refractivity contribution is 8.34. The second-order valence-corrected chi connectivity index (χ2v) is 22.4. The van der Waals surface area contributed by atoms with E-state index in [1.54, 1.807) is 11.3 Å². The molecule has 1 nitrogen and oxygen atoms in total. The first-order chi connectivity index (χ1) is 35.4. The van der Waals surface area contributed by atoms with Gasteiger partial charge in [0.15, 0.2) is 0 Å². The summed E-state index contributed by atoms with van der Waals surface area (Å²) in [7, 11) is 67.1. The minimum absolute atomic E-state index is 0.0832. The molecule has 20 radical (unpaired) electrons. The first-order valence-electron chi connectivity index (χ1n) is 23.6. The molecule has 12 aromatic rings. The van der Waals surface area contributed by atoms with Crippen molar-refractivity contribution in [2.45, 2.75) is 19.6 Å². The van der Waals surface area contributed by atoms with Crippen molar-refractivity contribution in [2.75, 3.05) is 0 Å². The molecule has 2 heterocycles. The number of nitrogens with zero attached hydrogens (tertiary/aromatic N) is 1. The van der Waals surface area contributed by atoms with Crippen LogP contribution < -0.4 is 54.6 Å². The molecule has 0 aliphatic rings. The molecule has 0 aliphatic carbocycles. The predicted octanol–water partition coefficient (Wildman–Crippen LogP) is 5.43. The Morgan fingerprint density at radius 2 is 0.740 bits per heavy atom. The number of rotatable bonds is 8. The molecule has 0 bridgehead atoms. The molecule has 0 fully saturated rings. The molecule has 318 valence electrons. The highest BCUT2D eigenvalue weighted by Gasteiger charge is 2.36. The fraction of sp³-hybridized carbons (Fsp3) is 0. The van der Waals surface area contributed by atoms with Crippen LogP contribution in [0, 0.1) is 0 Å². The lowest BCUT2D eigenvalue weighted by atomic mass is 9.58. The Balaban J connectivity index is 1.31. The number of para-hydroxylation sites is 1. The predicted molar refractivity (Wildman–Crippen MR) is 324 cm³/mol. The van der Waals surface area contributed by atoms with Crippen molar-refractivity contribution < 1.29 is 0 Å². The van der Waals surface area contributed by atoms with Crippen LogP contribution in [0.3, 0.4) is 0 Å². The number of hydrogen-bond donors (Lipinski definition) is 0. The molecule has 0 N–H and O–H groups in total. The molecule has 0 spiro atoms. The summed E-state index contributed by atoms with van der Waals surface area (Å²) in [6.45, 7) is 0. The highest BCUT2D eigenvalue weighted by atomic mass is 32.3. The number of fused-ring (bicyclic) bond motifs is 6. The zero-order valence-electron chi connectivity index (χ0n) is 39.4. The minimum Gasteiger partial charge on any atom is -0.308 e. The van der Waals surface area contributed by atoms with Gasteiger partial charge >= 0.3 is 0 Å². The van der Waals surface area contributed by atoms with Crippen LogP contribution in [0.5, 0.6) is 0 Å². The first kappa shape index (κ1) is 47.2. The van der Waals surface area contributed by atoms with E-state index >= 15 is 0 Å². The number of benzene rings is 10. The van der Waals surface area contributed by atoms with Crippen molar-refractivity contribution in [3.8, 4) is 39.1 Å². The fourth-order valence-corrected chi connectivity index (χ4v) is 15.8. The molecule has 0 unspecified atom stereocenters. The van der Waals surface area contributed by atoms with Crippen molar-refractivity contribution in [2.24, 2.45) is 0 Å². The summed E-state index contributed by atoms with van der Waals surface area (Å²) in [5.74, 6) is 0. The summed E-state index contributed by atoms with van der Waals surface area (Å²) in [4.78, 5) is 4.00. The monoisotopic (exact) mass is 939 g/mol. The van der Waals surface area contributed by atoms with Crippen LogP contribution in [0.1, 0.15) is 0 Å². The number of aromatic nitrogens is 1. The Morgan fingerprint density at radius 3 is 1.26 bits per heavy atom. The molecule has 10 aromatic carbocycles. The molecule has 0 amide bonds. The van der Waals surface area contributed by atoms with Crippen LogP contribution in [-0.4, -0.2) is 83.0 Å². The third-order valence-corrected chi connectivity index (χ3v) is 19.3. The standard InChI is InChI=1S/C60H31B10NS2/c61-50-48(51(62)55(66)58(69)54(50)65)41-30-36(73(33-15-4-1-5-16-33,34-17-6-2-7-18-34)35-19-8-3-9-20-35)31-42(49-52(63)56(67)59(70)57(68)53(49)64)60(41)71-43-24-12-10-21-38(43)40-29-32(27-28-44(40)71)37-23-14-26-46-47(37)39-22-11-13-25-45(39)72-46/h1-31H. The molecule has 0 saturated carbocycles. The molecule has 2 aromatic heterocycles. The van der Waals surface area contributed by atoms with Crippen molar-refractivity contribution in [3.63, 3.8) is 0 Å². The average Bonchev–Trinajstić information content (AvgIpc) is 3.98. The molecule has 0 saturated heterocycles. The van der Waals surface area contributed by atoms with Crippen LogP contribution >= 0.6 is 21.4 Å². The quantitative estimate of drug-likeness (QED) is 0.180. The van der Waals surface area contributed by atoms with E-state index in [0.717, 1.165) is 52.5 Å². The van der Waals surface area contributed by atoms with Gasteiger partial charge in [-0.25, -0.2) is 0 Å². The third-order valence-electron chi connectivity index (χ3n) is 14.3. The maximum atomic E-state index is 7.25. The summed E-state index contributed by atoms with van der Waals surface area (Å²) in [6, 6.07) is 65.6. The zero-order chi connectivity index (χ0) is 50.4. The second kappa shape index (κ2) is 18.3. The van der Waals surface area contributed by atoms with Crippen molar-refractivity contribution >= 4 is 196 Å². The van der Waals surface area contributed by atoms with E-state index in [1.807, 2.05) is 30.3 Å². The van der Waals surface area contributed by atoms with Crippen LogP contribution in [0.4, 0.5) is 0 Å². The smallest absolute Gasteiger partial charge is 0.113 e. The molecule has 12 rings (SSSR count). The van der Waals surface area contributed by atoms with Gasteiger partial charge < -0.3 is 4.57 Å². The van der Waals surface area contributed by atoms with Crippen LogP contribution in [0.15, 0.2) is 208 Å². The van der Waals surface area contributed by atoms with E-state index in [4.69, 9.17) is 78.5 Å². The summed E-state index contributed by atoms with van der Waals surface area (Å²) in [5.41, 5.74) is 7.48. The van der Waals surface area contributed by atoms with Crippen LogP contribution in [-0.2, 0) is 0 Å². The van der Waals surface area contributed by atoms with Gasteiger partial charge in [0.1, 0.15) is 78.5 Å². The minimum atomic E-state index is -2.46. The van der Waals surface area contributed by atoms with E-state index in [0.29, 0.717) is 27.9 Å². The SMILES string of the molecule is [B]c1c([B])c([B])c(-c2cc(S(c3ccccc3)(c3ccccc3)c3ccccc3)cc(-c3c([B])c([B])c([B])c([B])c3[B])c2-n2c3ccccc3c3cc(-c4cccc5sc6ccccc6c45)ccc32)c([B])c1[B]. The van der Waals surface area contributed by atoms with Crippen LogP contribution in [0.2, 0.25) is 0 Å². The van der Waals surface area contributed by atoms with E-state index in [1.165, 1.54) is 20.2 Å². The van der Waals surface area contributed by atoms with Crippen molar-refractivity contribution in [3.05, 3.63) is 188 Å². The van der Waals surface area contributed by atoms with Gasteiger partial charge in [-0.3, -0.25) is 0 Å². The maximum Gasteiger partial charge on any atom is 0.113 e. The zero-order valence-corrected chi connectivity index (χ0v) is 41.1.